The maximum absolute atomic E-state index is 11.3. The molecular formula is C9H16N2O3. The summed E-state index contributed by atoms with van der Waals surface area (Å²) in [6.45, 7) is 1.07. The lowest BCUT2D eigenvalue weighted by Crippen LogP contribution is -2.35. The van der Waals surface area contributed by atoms with Gasteiger partial charge in [-0.15, -0.1) is 0 Å². The number of nitrogens with zero attached hydrogens (tertiary/aromatic N) is 1. The van der Waals surface area contributed by atoms with Crippen molar-refractivity contribution in [3.05, 3.63) is 0 Å². The van der Waals surface area contributed by atoms with Gasteiger partial charge in [-0.3, -0.25) is 4.79 Å². The Hall–Kier alpha value is -1.10. The van der Waals surface area contributed by atoms with E-state index >= 15 is 0 Å². The van der Waals surface area contributed by atoms with E-state index in [1.807, 2.05) is 19.0 Å². The zero-order valence-corrected chi connectivity index (χ0v) is 8.58. The van der Waals surface area contributed by atoms with E-state index in [4.69, 9.17) is 4.74 Å². The van der Waals surface area contributed by atoms with Crippen molar-refractivity contribution in [3.63, 3.8) is 0 Å². The molecule has 1 saturated heterocycles. The van der Waals surface area contributed by atoms with Gasteiger partial charge in [0.15, 0.2) is 0 Å². The number of ether oxygens (including phenoxy) is 1. The number of carbonyl (C=O) groups is 2. The molecule has 0 aromatic rings. The molecule has 1 amide bonds. The fraction of sp³-hybridized carbons (Fsp3) is 0.778. The normalized spacial score (nSPS) is 21.1. The Bertz CT molecular complexity index is 228. The standard InChI is InChI=1S/C9H16N2O3/c1-11(2)5-6-14-9(13)7-3-4-8(12)10-7/h7H,3-6H2,1-2H3,(H,10,12). The van der Waals surface area contributed by atoms with E-state index in [0.29, 0.717) is 26.0 Å². The predicted molar refractivity (Wildman–Crippen MR) is 50.7 cm³/mol. The van der Waals surface area contributed by atoms with Gasteiger partial charge in [0, 0.05) is 13.0 Å². The molecule has 1 heterocycles. The monoisotopic (exact) mass is 200 g/mol. The Kier molecular flexibility index (Phi) is 3.88. The van der Waals surface area contributed by atoms with E-state index < -0.39 is 6.04 Å². The lowest BCUT2D eigenvalue weighted by molar-refractivity contribution is -0.146. The highest BCUT2D eigenvalue weighted by Crippen LogP contribution is 2.07. The van der Waals surface area contributed by atoms with Gasteiger partial charge in [-0.2, -0.15) is 0 Å². The number of rotatable bonds is 4. The van der Waals surface area contributed by atoms with Gasteiger partial charge in [0.2, 0.25) is 5.91 Å². The lowest BCUT2D eigenvalue weighted by Gasteiger charge is -2.12. The maximum atomic E-state index is 11.3. The van der Waals surface area contributed by atoms with Crippen LogP contribution in [0.1, 0.15) is 12.8 Å². The molecule has 80 valence electrons. The number of carbonyl (C=O) groups excluding carboxylic acids is 2. The molecule has 1 aliphatic rings. The number of hydrogen-bond acceptors (Lipinski definition) is 4. The SMILES string of the molecule is CN(C)CCOC(=O)C1CCC(=O)N1. The first-order valence-electron chi connectivity index (χ1n) is 4.70. The summed E-state index contributed by atoms with van der Waals surface area (Å²) < 4.78 is 4.99. The highest BCUT2D eigenvalue weighted by Gasteiger charge is 2.28. The summed E-state index contributed by atoms with van der Waals surface area (Å²) in [6.07, 6.45) is 0.979. The van der Waals surface area contributed by atoms with E-state index in [1.54, 1.807) is 0 Å². The molecule has 0 saturated carbocycles. The van der Waals surface area contributed by atoms with E-state index in [1.165, 1.54) is 0 Å². The van der Waals surface area contributed by atoms with Crippen molar-refractivity contribution < 1.29 is 14.3 Å². The molecular weight excluding hydrogens is 184 g/mol. The van der Waals surface area contributed by atoms with Crippen LogP contribution in [-0.2, 0) is 14.3 Å². The van der Waals surface area contributed by atoms with Crippen molar-refractivity contribution in [2.24, 2.45) is 0 Å². The van der Waals surface area contributed by atoms with Gasteiger partial charge in [-0.05, 0) is 20.5 Å². The van der Waals surface area contributed by atoms with Gasteiger partial charge < -0.3 is 15.0 Å². The summed E-state index contributed by atoms with van der Waals surface area (Å²) >= 11 is 0. The second kappa shape index (κ2) is 4.95. The highest BCUT2D eigenvalue weighted by atomic mass is 16.5. The molecule has 1 aliphatic heterocycles. The smallest absolute Gasteiger partial charge is 0.328 e. The van der Waals surface area contributed by atoms with E-state index in [0.717, 1.165) is 0 Å². The van der Waals surface area contributed by atoms with Crippen LogP contribution in [0.15, 0.2) is 0 Å². The summed E-state index contributed by atoms with van der Waals surface area (Å²) in [7, 11) is 3.82. The van der Waals surface area contributed by atoms with Crippen molar-refractivity contribution in [2.75, 3.05) is 27.2 Å². The molecule has 1 unspecified atom stereocenters. The van der Waals surface area contributed by atoms with E-state index in [2.05, 4.69) is 5.32 Å². The zero-order valence-electron chi connectivity index (χ0n) is 8.58. The largest absolute Gasteiger partial charge is 0.463 e. The van der Waals surface area contributed by atoms with Gasteiger partial charge in [-0.1, -0.05) is 0 Å². The quantitative estimate of drug-likeness (QED) is 0.614. The summed E-state index contributed by atoms with van der Waals surface area (Å²) in [5.74, 6) is -0.391. The third kappa shape index (κ3) is 3.33. The van der Waals surface area contributed by atoms with E-state index in [9.17, 15) is 9.59 Å². The Morgan fingerprint density at radius 1 is 1.64 bits per heavy atom. The Morgan fingerprint density at radius 3 is 2.86 bits per heavy atom. The summed E-state index contributed by atoms with van der Waals surface area (Å²) in [5.41, 5.74) is 0. The van der Waals surface area contributed by atoms with Crippen molar-refractivity contribution in [3.8, 4) is 0 Å². The first-order chi connectivity index (χ1) is 6.59. The number of likely N-dealkylation sites (N-methyl/N-ethyl adjacent to an activating group) is 1. The molecule has 14 heavy (non-hydrogen) atoms. The van der Waals surface area contributed by atoms with Crippen LogP contribution >= 0.6 is 0 Å². The van der Waals surface area contributed by atoms with Crippen molar-refractivity contribution in [2.45, 2.75) is 18.9 Å². The average Bonchev–Trinajstić information content (AvgIpc) is 2.51. The molecule has 1 fully saturated rings. The van der Waals surface area contributed by atoms with Crippen LogP contribution in [0.5, 0.6) is 0 Å². The molecule has 0 aromatic heterocycles. The van der Waals surface area contributed by atoms with Crippen molar-refractivity contribution >= 4 is 11.9 Å². The number of hydrogen-bond donors (Lipinski definition) is 1. The number of esters is 1. The minimum absolute atomic E-state index is 0.0699. The summed E-state index contributed by atoms with van der Waals surface area (Å²) in [4.78, 5) is 24.1. The molecule has 5 nitrogen and oxygen atoms in total. The van der Waals surface area contributed by atoms with Gasteiger partial charge in [0.1, 0.15) is 12.6 Å². The van der Waals surface area contributed by atoms with Crippen molar-refractivity contribution in [1.29, 1.82) is 0 Å². The maximum Gasteiger partial charge on any atom is 0.328 e. The first kappa shape index (κ1) is 11.0. The van der Waals surface area contributed by atoms with Crippen LogP contribution in [0.25, 0.3) is 0 Å². The molecule has 1 rings (SSSR count). The minimum atomic E-state index is -0.426. The van der Waals surface area contributed by atoms with Crippen LogP contribution in [0.4, 0.5) is 0 Å². The fourth-order valence-corrected chi connectivity index (χ4v) is 1.22. The Balaban J connectivity index is 2.18. The van der Waals surface area contributed by atoms with Gasteiger partial charge >= 0.3 is 5.97 Å². The summed E-state index contributed by atoms with van der Waals surface area (Å²) in [5, 5.41) is 2.56. The fourth-order valence-electron chi connectivity index (χ4n) is 1.22. The lowest BCUT2D eigenvalue weighted by atomic mass is 10.2. The van der Waals surface area contributed by atoms with Gasteiger partial charge in [0.25, 0.3) is 0 Å². The second-order valence-corrected chi connectivity index (χ2v) is 3.63. The second-order valence-electron chi connectivity index (χ2n) is 3.63. The van der Waals surface area contributed by atoms with Gasteiger partial charge in [0.05, 0.1) is 0 Å². The van der Waals surface area contributed by atoms with Crippen LogP contribution in [0.3, 0.4) is 0 Å². The molecule has 0 aromatic carbocycles. The predicted octanol–water partition coefficient (Wildman–Crippen LogP) is -0.630. The molecule has 0 spiro atoms. The molecule has 1 N–H and O–H groups in total. The van der Waals surface area contributed by atoms with Crippen LogP contribution < -0.4 is 5.32 Å². The zero-order chi connectivity index (χ0) is 10.6. The highest BCUT2D eigenvalue weighted by molar-refractivity contribution is 5.87. The average molecular weight is 200 g/mol. The number of amides is 1. The minimum Gasteiger partial charge on any atom is -0.463 e. The van der Waals surface area contributed by atoms with Crippen molar-refractivity contribution in [1.82, 2.24) is 10.2 Å². The van der Waals surface area contributed by atoms with E-state index in [-0.39, 0.29) is 11.9 Å². The third-order valence-corrected chi connectivity index (χ3v) is 2.06. The Morgan fingerprint density at radius 2 is 2.36 bits per heavy atom. The number of nitrogens with one attached hydrogen (secondary N) is 1. The van der Waals surface area contributed by atoms with Crippen LogP contribution in [0.2, 0.25) is 0 Å². The third-order valence-electron chi connectivity index (χ3n) is 2.06. The molecule has 1 atom stereocenters. The molecule has 0 aliphatic carbocycles. The van der Waals surface area contributed by atoms with Gasteiger partial charge in [-0.25, -0.2) is 4.79 Å². The first-order valence-corrected chi connectivity index (χ1v) is 4.70. The summed E-state index contributed by atoms with van der Waals surface area (Å²) in [6, 6.07) is -0.426. The van der Waals surface area contributed by atoms with Crippen LogP contribution in [-0.4, -0.2) is 50.1 Å². The molecule has 0 bridgehead atoms. The van der Waals surface area contributed by atoms with Crippen LogP contribution in [0, 0.1) is 0 Å². The topological polar surface area (TPSA) is 58.6 Å². The molecule has 0 radical (unpaired) electrons. The molecule has 5 heteroatoms. The Labute approximate surface area is 83.4 Å².